The summed E-state index contributed by atoms with van der Waals surface area (Å²) in [4.78, 5) is 2.47. The van der Waals surface area contributed by atoms with Crippen molar-refractivity contribution in [1.82, 2.24) is 0 Å². The fourth-order valence-electron chi connectivity index (χ4n) is 0.693. The van der Waals surface area contributed by atoms with E-state index in [9.17, 15) is 8.78 Å². The molecule has 68 valence electrons. The van der Waals surface area contributed by atoms with Crippen molar-refractivity contribution in [2.45, 2.75) is 0 Å². The van der Waals surface area contributed by atoms with Crippen molar-refractivity contribution in [3.8, 4) is 0 Å². The maximum Gasteiger partial charge on any atom is 0.173 e. The van der Waals surface area contributed by atoms with Crippen LogP contribution in [0.4, 0.5) is 14.5 Å². The van der Waals surface area contributed by atoms with E-state index >= 15 is 0 Å². The molecule has 0 radical (unpaired) electrons. The summed E-state index contributed by atoms with van der Waals surface area (Å²) < 4.78 is 25.6. The van der Waals surface area contributed by atoms with Crippen molar-refractivity contribution in [2.24, 2.45) is 5.11 Å². The van der Waals surface area contributed by atoms with Crippen LogP contribution >= 0.6 is 31.9 Å². The standard InChI is InChI=1S/C6HBr2F2N3/c7-2-1-3(9)5(10)4(8)6(2)12-13-11/h1H. The minimum absolute atomic E-state index is 0.0126. The van der Waals surface area contributed by atoms with Gasteiger partial charge in [-0.3, -0.25) is 0 Å². The van der Waals surface area contributed by atoms with Crippen LogP contribution in [-0.2, 0) is 0 Å². The zero-order chi connectivity index (χ0) is 10.0. The van der Waals surface area contributed by atoms with Crippen LogP contribution in [0.3, 0.4) is 0 Å². The summed E-state index contributed by atoms with van der Waals surface area (Å²) in [6, 6.07) is 0.893. The molecule has 1 aromatic carbocycles. The molecular formula is C6HBr2F2N3. The van der Waals surface area contributed by atoms with E-state index in [1.165, 1.54) is 0 Å². The predicted octanol–water partition coefficient (Wildman–Crippen LogP) is 4.43. The van der Waals surface area contributed by atoms with Crippen LogP contribution in [0.25, 0.3) is 10.4 Å². The molecule has 3 nitrogen and oxygen atoms in total. The summed E-state index contributed by atoms with van der Waals surface area (Å²) in [5.74, 6) is -2.10. The van der Waals surface area contributed by atoms with Crippen LogP contribution in [0, 0.1) is 11.6 Å². The van der Waals surface area contributed by atoms with Crippen LogP contribution in [0.1, 0.15) is 0 Å². The van der Waals surface area contributed by atoms with E-state index in [-0.39, 0.29) is 14.6 Å². The summed E-state index contributed by atoms with van der Waals surface area (Å²) in [5, 5.41) is 3.19. The van der Waals surface area contributed by atoms with Gasteiger partial charge in [-0.2, -0.15) is 0 Å². The molecule has 0 aliphatic rings. The van der Waals surface area contributed by atoms with E-state index < -0.39 is 11.6 Å². The second kappa shape index (κ2) is 4.04. The normalized spacial score (nSPS) is 9.54. The van der Waals surface area contributed by atoms with E-state index in [4.69, 9.17) is 5.53 Å². The van der Waals surface area contributed by atoms with Gasteiger partial charge in [-0.15, -0.1) is 0 Å². The SMILES string of the molecule is [N-]=[N+]=Nc1c(Br)cc(F)c(F)c1Br. The molecule has 1 aromatic rings. The molecule has 0 fully saturated rings. The van der Waals surface area contributed by atoms with Crippen molar-refractivity contribution < 1.29 is 8.78 Å². The molecule has 0 bridgehead atoms. The molecular weight excluding hydrogens is 312 g/mol. The Labute approximate surface area is 88.6 Å². The number of rotatable bonds is 1. The van der Waals surface area contributed by atoms with Gasteiger partial charge in [0.2, 0.25) is 0 Å². The minimum Gasteiger partial charge on any atom is -0.204 e. The number of hydrogen-bond donors (Lipinski definition) is 0. The molecule has 0 N–H and O–H groups in total. The lowest BCUT2D eigenvalue weighted by Gasteiger charge is -2.02. The third-order valence-electron chi connectivity index (χ3n) is 1.23. The zero-order valence-corrected chi connectivity index (χ0v) is 9.10. The molecule has 7 heteroatoms. The highest BCUT2D eigenvalue weighted by Gasteiger charge is 2.13. The molecule has 0 atom stereocenters. The van der Waals surface area contributed by atoms with Crippen LogP contribution in [0.2, 0.25) is 0 Å². The Morgan fingerprint density at radius 1 is 1.38 bits per heavy atom. The monoisotopic (exact) mass is 311 g/mol. The topological polar surface area (TPSA) is 48.8 Å². The van der Waals surface area contributed by atoms with Gasteiger partial charge in [-0.05, 0) is 27.5 Å². The van der Waals surface area contributed by atoms with Crippen molar-refractivity contribution in [3.05, 3.63) is 37.1 Å². The average Bonchev–Trinajstić information content (AvgIpc) is 2.09. The minimum atomic E-state index is -1.08. The van der Waals surface area contributed by atoms with Gasteiger partial charge in [-0.25, -0.2) is 8.78 Å². The maximum atomic E-state index is 12.9. The van der Waals surface area contributed by atoms with E-state index in [2.05, 4.69) is 41.9 Å². The lowest BCUT2D eigenvalue weighted by molar-refractivity contribution is 0.504. The van der Waals surface area contributed by atoms with Gasteiger partial charge in [-0.1, -0.05) is 21.0 Å². The molecule has 0 spiro atoms. The molecule has 13 heavy (non-hydrogen) atoms. The van der Waals surface area contributed by atoms with Gasteiger partial charge in [0, 0.05) is 9.38 Å². The van der Waals surface area contributed by atoms with Crippen LogP contribution in [-0.4, -0.2) is 0 Å². The largest absolute Gasteiger partial charge is 0.204 e. The number of nitrogens with zero attached hydrogens (tertiary/aromatic N) is 3. The Morgan fingerprint density at radius 2 is 2.00 bits per heavy atom. The Balaban J connectivity index is 3.52. The van der Waals surface area contributed by atoms with Crippen molar-refractivity contribution in [3.63, 3.8) is 0 Å². The second-order valence-corrected chi connectivity index (χ2v) is 3.65. The molecule has 0 saturated carbocycles. The number of benzene rings is 1. The third-order valence-corrected chi connectivity index (χ3v) is 2.56. The first-order valence-corrected chi connectivity index (χ1v) is 4.54. The van der Waals surface area contributed by atoms with E-state index in [1.54, 1.807) is 0 Å². The van der Waals surface area contributed by atoms with E-state index in [0.29, 0.717) is 0 Å². The summed E-state index contributed by atoms with van der Waals surface area (Å²) in [6.07, 6.45) is 0. The Kier molecular flexibility index (Phi) is 3.24. The smallest absolute Gasteiger partial charge is 0.173 e. The molecule has 0 amide bonds. The first-order valence-electron chi connectivity index (χ1n) is 2.96. The highest BCUT2D eigenvalue weighted by molar-refractivity contribution is 9.11. The lowest BCUT2D eigenvalue weighted by Crippen LogP contribution is -1.86. The Hall–Kier alpha value is -0.650. The fraction of sp³-hybridized carbons (Fsp3) is 0. The number of hydrogen-bond acceptors (Lipinski definition) is 1. The maximum absolute atomic E-state index is 12.9. The number of azide groups is 1. The van der Waals surface area contributed by atoms with Gasteiger partial charge in [0.05, 0.1) is 10.2 Å². The Bertz CT molecular complexity index is 401. The van der Waals surface area contributed by atoms with Gasteiger partial charge in [0.15, 0.2) is 11.6 Å². The fourth-order valence-corrected chi connectivity index (χ4v) is 1.92. The Morgan fingerprint density at radius 3 is 2.54 bits per heavy atom. The molecule has 0 heterocycles. The van der Waals surface area contributed by atoms with E-state index in [0.717, 1.165) is 6.07 Å². The van der Waals surface area contributed by atoms with Gasteiger partial charge >= 0.3 is 0 Å². The third kappa shape index (κ3) is 1.99. The highest BCUT2D eigenvalue weighted by atomic mass is 79.9. The summed E-state index contributed by atoms with van der Waals surface area (Å²) >= 11 is 5.70. The summed E-state index contributed by atoms with van der Waals surface area (Å²) in [7, 11) is 0. The average molecular weight is 313 g/mol. The number of halogens is 4. The van der Waals surface area contributed by atoms with Crippen molar-refractivity contribution in [2.75, 3.05) is 0 Å². The van der Waals surface area contributed by atoms with Crippen molar-refractivity contribution in [1.29, 1.82) is 0 Å². The van der Waals surface area contributed by atoms with E-state index in [1.807, 2.05) is 0 Å². The summed E-state index contributed by atoms with van der Waals surface area (Å²) in [5.41, 5.74) is 8.12. The second-order valence-electron chi connectivity index (χ2n) is 2.01. The van der Waals surface area contributed by atoms with Crippen LogP contribution in [0.5, 0.6) is 0 Å². The molecule has 0 unspecified atom stereocenters. The van der Waals surface area contributed by atoms with Crippen LogP contribution in [0.15, 0.2) is 20.1 Å². The van der Waals surface area contributed by atoms with Crippen LogP contribution < -0.4 is 0 Å². The lowest BCUT2D eigenvalue weighted by atomic mass is 10.3. The zero-order valence-electron chi connectivity index (χ0n) is 5.93. The van der Waals surface area contributed by atoms with Gasteiger partial charge < -0.3 is 0 Å². The first-order chi connectivity index (χ1) is 6.07. The molecule has 0 saturated heterocycles. The van der Waals surface area contributed by atoms with Gasteiger partial charge in [0.1, 0.15) is 0 Å². The molecule has 1 rings (SSSR count). The first kappa shape index (κ1) is 10.4. The molecule has 0 aliphatic heterocycles. The van der Waals surface area contributed by atoms with Crippen molar-refractivity contribution >= 4 is 37.5 Å². The highest BCUT2D eigenvalue weighted by Crippen LogP contribution is 2.36. The quantitative estimate of drug-likeness (QED) is 0.242. The predicted molar refractivity (Wildman–Crippen MR) is 50.6 cm³/mol. The molecule has 0 aliphatic carbocycles. The summed E-state index contributed by atoms with van der Waals surface area (Å²) in [6.45, 7) is 0. The molecule has 0 aromatic heterocycles. The van der Waals surface area contributed by atoms with Gasteiger partial charge in [0.25, 0.3) is 0 Å².